The second kappa shape index (κ2) is 4.53. The number of hydrogen-bond acceptors (Lipinski definition) is 1. The molecule has 1 atom stereocenters. The van der Waals surface area contributed by atoms with E-state index in [1.807, 2.05) is 0 Å². The predicted molar refractivity (Wildman–Crippen MR) is 60.2 cm³/mol. The van der Waals surface area contributed by atoms with E-state index >= 15 is 0 Å². The van der Waals surface area contributed by atoms with E-state index in [1.54, 1.807) is 0 Å². The first-order chi connectivity index (χ1) is 6.45. The lowest BCUT2D eigenvalue weighted by Gasteiger charge is -2.37. The highest BCUT2D eigenvalue weighted by Crippen LogP contribution is 2.41. The maximum atomic E-state index is 8.73. The van der Waals surface area contributed by atoms with Gasteiger partial charge >= 0.3 is 0 Å². The van der Waals surface area contributed by atoms with Gasteiger partial charge in [-0.25, -0.2) is 0 Å². The second-order valence-electron chi connectivity index (χ2n) is 5.51. The van der Waals surface area contributed by atoms with Gasteiger partial charge < -0.3 is 0 Å². The van der Waals surface area contributed by atoms with Crippen LogP contribution in [-0.2, 0) is 0 Å². The Morgan fingerprint density at radius 1 is 1.21 bits per heavy atom. The molecular formula is C12H20ClN. The molecule has 2 heteroatoms. The number of halogens is 1. The largest absolute Gasteiger partial charge is 0.197 e. The Labute approximate surface area is 92.4 Å². The van der Waals surface area contributed by atoms with Crippen LogP contribution in [0.25, 0.3) is 0 Å². The molecule has 1 saturated carbocycles. The molecule has 0 bridgehead atoms. The van der Waals surface area contributed by atoms with Crippen molar-refractivity contribution in [3.63, 3.8) is 0 Å². The minimum Gasteiger partial charge on any atom is -0.197 e. The first-order valence-electron chi connectivity index (χ1n) is 5.49. The maximum Gasteiger partial charge on any atom is 0.123 e. The van der Waals surface area contributed by atoms with Crippen molar-refractivity contribution in [2.75, 3.05) is 0 Å². The molecule has 1 nitrogen and oxygen atoms in total. The molecule has 0 aromatic rings. The van der Waals surface area contributed by atoms with Crippen LogP contribution in [0.15, 0.2) is 0 Å². The van der Waals surface area contributed by atoms with Gasteiger partial charge in [-0.2, -0.15) is 5.26 Å². The smallest absolute Gasteiger partial charge is 0.123 e. The molecule has 0 aliphatic heterocycles. The summed E-state index contributed by atoms with van der Waals surface area (Å²) in [7, 11) is 0. The third-order valence-corrected chi connectivity index (χ3v) is 3.99. The van der Waals surface area contributed by atoms with Crippen LogP contribution in [0.3, 0.4) is 0 Å². The molecule has 1 fully saturated rings. The first kappa shape index (κ1) is 11.9. The van der Waals surface area contributed by atoms with Crippen LogP contribution in [0.2, 0.25) is 0 Å². The lowest BCUT2D eigenvalue weighted by Crippen LogP contribution is -2.28. The average molecular weight is 214 g/mol. The SMILES string of the molecule is CC(C)(C)C1CCC(C(Cl)C#N)CC1. The van der Waals surface area contributed by atoms with Gasteiger partial charge in [0.05, 0.1) is 6.07 Å². The van der Waals surface area contributed by atoms with Crippen molar-refractivity contribution in [2.45, 2.75) is 51.8 Å². The summed E-state index contributed by atoms with van der Waals surface area (Å²) in [6.07, 6.45) is 4.73. The van der Waals surface area contributed by atoms with Crippen LogP contribution in [0, 0.1) is 28.6 Å². The lowest BCUT2D eigenvalue weighted by molar-refractivity contribution is 0.152. The van der Waals surface area contributed by atoms with Crippen LogP contribution in [0.1, 0.15) is 46.5 Å². The molecule has 0 heterocycles. The molecule has 14 heavy (non-hydrogen) atoms. The predicted octanol–water partition coefficient (Wildman–Crippen LogP) is 3.97. The molecule has 1 rings (SSSR count). The Morgan fingerprint density at radius 3 is 2.07 bits per heavy atom. The molecule has 0 aromatic carbocycles. The van der Waals surface area contributed by atoms with Crippen molar-refractivity contribution in [3.05, 3.63) is 0 Å². The summed E-state index contributed by atoms with van der Waals surface area (Å²) in [5.41, 5.74) is 0.416. The van der Waals surface area contributed by atoms with Gasteiger partial charge in [0.15, 0.2) is 0 Å². The zero-order valence-electron chi connectivity index (χ0n) is 9.39. The topological polar surface area (TPSA) is 23.8 Å². The highest BCUT2D eigenvalue weighted by Gasteiger charge is 2.32. The van der Waals surface area contributed by atoms with Gasteiger partial charge in [0.25, 0.3) is 0 Å². The third kappa shape index (κ3) is 2.89. The molecule has 0 amide bonds. The monoisotopic (exact) mass is 213 g/mol. The average Bonchev–Trinajstić information content (AvgIpc) is 2.15. The Morgan fingerprint density at radius 2 is 1.71 bits per heavy atom. The molecule has 1 aliphatic carbocycles. The Kier molecular flexibility index (Phi) is 3.84. The standard InChI is InChI=1S/C12H20ClN/c1-12(2,3)10-6-4-9(5-7-10)11(13)8-14/h9-11H,4-7H2,1-3H3. The highest BCUT2D eigenvalue weighted by molar-refractivity contribution is 6.22. The summed E-state index contributed by atoms with van der Waals surface area (Å²) < 4.78 is 0. The zero-order chi connectivity index (χ0) is 10.8. The minimum atomic E-state index is -0.268. The molecule has 1 unspecified atom stereocenters. The van der Waals surface area contributed by atoms with Crippen LogP contribution >= 0.6 is 11.6 Å². The number of hydrogen-bond donors (Lipinski definition) is 0. The van der Waals surface area contributed by atoms with Gasteiger partial charge in [-0.15, -0.1) is 11.6 Å². The number of nitriles is 1. The van der Waals surface area contributed by atoms with Crippen molar-refractivity contribution in [1.29, 1.82) is 5.26 Å². The summed E-state index contributed by atoms with van der Waals surface area (Å²) in [6, 6.07) is 2.15. The van der Waals surface area contributed by atoms with E-state index < -0.39 is 0 Å². The molecule has 0 spiro atoms. The summed E-state index contributed by atoms with van der Waals surface area (Å²) in [6.45, 7) is 6.92. The third-order valence-electron chi connectivity index (χ3n) is 3.53. The summed E-state index contributed by atoms with van der Waals surface area (Å²) >= 11 is 5.94. The molecule has 0 saturated heterocycles. The Hall–Kier alpha value is -0.220. The van der Waals surface area contributed by atoms with Crippen molar-refractivity contribution in [1.82, 2.24) is 0 Å². The molecule has 1 aliphatic rings. The van der Waals surface area contributed by atoms with E-state index in [2.05, 4.69) is 26.8 Å². The fourth-order valence-electron chi connectivity index (χ4n) is 2.38. The maximum absolute atomic E-state index is 8.73. The van der Waals surface area contributed by atoms with Crippen LogP contribution in [0.5, 0.6) is 0 Å². The van der Waals surface area contributed by atoms with E-state index in [9.17, 15) is 0 Å². The Bertz CT molecular complexity index is 215. The molecule has 0 radical (unpaired) electrons. The van der Waals surface area contributed by atoms with E-state index in [1.165, 1.54) is 12.8 Å². The van der Waals surface area contributed by atoms with Gasteiger partial charge in [-0.05, 0) is 42.9 Å². The number of alkyl halides is 1. The van der Waals surface area contributed by atoms with Gasteiger partial charge in [0.2, 0.25) is 0 Å². The van der Waals surface area contributed by atoms with E-state index in [-0.39, 0.29) is 5.38 Å². The van der Waals surface area contributed by atoms with Crippen LogP contribution in [-0.4, -0.2) is 5.38 Å². The minimum absolute atomic E-state index is 0.268. The first-order valence-corrected chi connectivity index (χ1v) is 5.92. The number of rotatable bonds is 1. The van der Waals surface area contributed by atoms with Gasteiger partial charge in [-0.1, -0.05) is 20.8 Å². The fourth-order valence-corrected chi connectivity index (χ4v) is 2.64. The summed E-state index contributed by atoms with van der Waals surface area (Å²) in [5, 5.41) is 8.46. The normalized spacial score (nSPS) is 30.8. The van der Waals surface area contributed by atoms with Gasteiger partial charge in [0, 0.05) is 0 Å². The van der Waals surface area contributed by atoms with E-state index in [4.69, 9.17) is 16.9 Å². The van der Waals surface area contributed by atoms with Crippen molar-refractivity contribution >= 4 is 11.6 Å². The van der Waals surface area contributed by atoms with Crippen molar-refractivity contribution in [2.24, 2.45) is 17.3 Å². The van der Waals surface area contributed by atoms with Crippen molar-refractivity contribution in [3.8, 4) is 6.07 Å². The van der Waals surface area contributed by atoms with Crippen molar-refractivity contribution < 1.29 is 0 Å². The van der Waals surface area contributed by atoms with Gasteiger partial charge in [0.1, 0.15) is 5.38 Å². The Balaban J connectivity index is 2.43. The van der Waals surface area contributed by atoms with Gasteiger partial charge in [-0.3, -0.25) is 0 Å². The van der Waals surface area contributed by atoms with Crippen LogP contribution < -0.4 is 0 Å². The van der Waals surface area contributed by atoms with Crippen LogP contribution in [0.4, 0.5) is 0 Å². The van der Waals surface area contributed by atoms with E-state index in [0.717, 1.165) is 18.8 Å². The molecule has 0 N–H and O–H groups in total. The van der Waals surface area contributed by atoms with E-state index in [0.29, 0.717) is 11.3 Å². The molecular weight excluding hydrogens is 194 g/mol. The molecule has 0 aromatic heterocycles. The summed E-state index contributed by atoms with van der Waals surface area (Å²) in [4.78, 5) is 0. The quantitative estimate of drug-likeness (QED) is 0.605. The second-order valence-corrected chi connectivity index (χ2v) is 5.98. The zero-order valence-corrected chi connectivity index (χ0v) is 10.1. The highest BCUT2D eigenvalue weighted by atomic mass is 35.5. The fraction of sp³-hybridized carbons (Fsp3) is 0.917. The lowest BCUT2D eigenvalue weighted by atomic mass is 9.69. The number of nitrogens with zero attached hydrogens (tertiary/aromatic N) is 1. The summed E-state index contributed by atoms with van der Waals surface area (Å²) in [5.74, 6) is 1.24. The molecule has 80 valence electrons.